The first-order valence-electron chi connectivity index (χ1n) is 7.58. The van der Waals surface area contributed by atoms with E-state index in [2.05, 4.69) is 4.72 Å². The summed E-state index contributed by atoms with van der Waals surface area (Å²) in [6, 6.07) is 7.53. The Labute approximate surface area is 144 Å². The molecule has 0 aromatic heterocycles. The molecular weight excluding hydrogens is 345 g/mol. The first-order chi connectivity index (χ1) is 11.8. The van der Waals surface area contributed by atoms with E-state index in [4.69, 9.17) is 5.11 Å². The molecule has 3 rings (SSSR count). The number of carboxylic acid groups (broad SMARTS) is 1. The summed E-state index contributed by atoms with van der Waals surface area (Å²) in [7, 11) is -3.83. The highest BCUT2D eigenvalue weighted by Crippen LogP contribution is 2.33. The molecule has 7 heteroatoms. The third kappa shape index (κ3) is 3.47. The minimum Gasteiger partial charge on any atom is -0.481 e. The largest absolute Gasteiger partial charge is 0.481 e. The molecule has 0 aliphatic heterocycles. The summed E-state index contributed by atoms with van der Waals surface area (Å²) in [6.07, 6.45) is 3.28. The lowest BCUT2D eigenvalue weighted by Gasteiger charge is -2.16. The fourth-order valence-electron chi connectivity index (χ4n) is 2.89. The highest BCUT2D eigenvalue weighted by Gasteiger charge is 2.26. The van der Waals surface area contributed by atoms with Gasteiger partial charge in [0.1, 0.15) is 5.82 Å². The molecule has 1 unspecified atom stereocenters. The molecule has 0 heterocycles. The Bertz CT molecular complexity index is 965. The maximum Gasteiger partial charge on any atom is 0.307 e. The number of hydrogen-bond acceptors (Lipinski definition) is 3. The lowest BCUT2D eigenvalue weighted by Crippen LogP contribution is -2.27. The summed E-state index contributed by atoms with van der Waals surface area (Å²) >= 11 is 0. The van der Waals surface area contributed by atoms with Gasteiger partial charge in [0.05, 0.1) is 17.4 Å². The van der Waals surface area contributed by atoms with Crippen LogP contribution in [0.3, 0.4) is 0 Å². The zero-order chi connectivity index (χ0) is 18.2. The van der Waals surface area contributed by atoms with Gasteiger partial charge in [-0.25, -0.2) is 12.8 Å². The van der Waals surface area contributed by atoms with Gasteiger partial charge in [-0.05, 0) is 53.4 Å². The van der Waals surface area contributed by atoms with Gasteiger partial charge in [-0.15, -0.1) is 0 Å². The van der Waals surface area contributed by atoms with Crippen LogP contribution in [0, 0.1) is 12.7 Å². The number of hydrogen-bond donors (Lipinski definition) is 2. The maximum absolute atomic E-state index is 13.0. The minimum atomic E-state index is -3.83. The molecule has 2 aromatic rings. The quantitative estimate of drug-likeness (QED) is 0.858. The van der Waals surface area contributed by atoms with Gasteiger partial charge in [-0.1, -0.05) is 24.3 Å². The molecule has 1 aliphatic rings. The maximum atomic E-state index is 13.0. The van der Waals surface area contributed by atoms with Crippen LogP contribution in [0.15, 0.2) is 47.4 Å². The van der Waals surface area contributed by atoms with E-state index in [-0.39, 0.29) is 11.3 Å². The molecule has 1 atom stereocenters. The first-order valence-corrected chi connectivity index (χ1v) is 9.06. The molecule has 0 saturated heterocycles. The average molecular weight is 361 g/mol. The number of rotatable bonds is 5. The SMILES string of the molecule is Cc1ccc2c(c1CC(=O)O)C=CC2NS(=O)(=O)c1ccc(F)cc1. The molecule has 25 heavy (non-hydrogen) atoms. The van der Waals surface area contributed by atoms with E-state index in [0.717, 1.165) is 23.3 Å². The Morgan fingerprint density at radius 3 is 2.52 bits per heavy atom. The average Bonchev–Trinajstić information content (AvgIpc) is 2.93. The van der Waals surface area contributed by atoms with Gasteiger partial charge in [0, 0.05) is 0 Å². The van der Waals surface area contributed by atoms with Crippen molar-refractivity contribution >= 4 is 22.1 Å². The normalized spacial score (nSPS) is 16.0. The van der Waals surface area contributed by atoms with Crippen LogP contribution in [-0.4, -0.2) is 19.5 Å². The van der Waals surface area contributed by atoms with Crippen LogP contribution in [0.2, 0.25) is 0 Å². The van der Waals surface area contributed by atoms with Crippen molar-refractivity contribution in [1.29, 1.82) is 0 Å². The number of benzene rings is 2. The van der Waals surface area contributed by atoms with Crippen molar-refractivity contribution in [1.82, 2.24) is 4.72 Å². The number of aliphatic carboxylic acids is 1. The monoisotopic (exact) mass is 361 g/mol. The second-order valence-corrected chi connectivity index (χ2v) is 7.56. The Morgan fingerprint density at radius 1 is 1.20 bits per heavy atom. The fourth-order valence-corrected chi connectivity index (χ4v) is 4.06. The number of sulfonamides is 1. The standard InChI is InChI=1S/C18H16FNO4S/c1-11-2-7-15-14(16(11)10-18(21)22)8-9-17(15)20-25(23,24)13-5-3-12(19)4-6-13/h2-9,17,20H,10H2,1H3,(H,21,22). The van der Waals surface area contributed by atoms with Gasteiger partial charge in [0.25, 0.3) is 0 Å². The van der Waals surface area contributed by atoms with Gasteiger partial charge in [-0.2, -0.15) is 4.72 Å². The van der Waals surface area contributed by atoms with Crippen LogP contribution in [0.25, 0.3) is 6.08 Å². The minimum absolute atomic E-state index is 0.0337. The molecule has 0 fully saturated rings. The molecular formula is C18H16FNO4S. The molecule has 0 radical (unpaired) electrons. The van der Waals surface area contributed by atoms with E-state index in [1.165, 1.54) is 12.1 Å². The van der Waals surface area contributed by atoms with Crippen LogP contribution >= 0.6 is 0 Å². The van der Waals surface area contributed by atoms with E-state index in [0.29, 0.717) is 11.1 Å². The molecule has 0 bridgehead atoms. The smallest absolute Gasteiger partial charge is 0.307 e. The second-order valence-electron chi connectivity index (χ2n) is 5.85. The Kier molecular flexibility index (Phi) is 4.45. The van der Waals surface area contributed by atoms with E-state index in [9.17, 15) is 17.6 Å². The third-order valence-corrected chi connectivity index (χ3v) is 5.61. The summed E-state index contributed by atoms with van der Waals surface area (Å²) in [4.78, 5) is 11.0. The van der Waals surface area contributed by atoms with Crippen molar-refractivity contribution in [2.75, 3.05) is 0 Å². The molecule has 1 aliphatic carbocycles. The van der Waals surface area contributed by atoms with Crippen molar-refractivity contribution in [3.63, 3.8) is 0 Å². The van der Waals surface area contributed by atoms with Crippen molar-refractivity contribution in [2.45, 2.75) is 24.3 Å². The second kappa shape index (κ2) is 6.42. The molecule has 2 aromatic carbocycles. The van der Waals surface area contributed by atoms with Gasteiger partial charge >= 0.3 is 5.97 Å². The highest BCUT2D eigenvalue weighted by molar-refractivity contribution is 7.89. The predicted octanol–water partition coefficient (Wildman–Crippen LogP) is 2.81. The van der Waals surface area contributed by atoms with E-state index < -0.39 is 27.9 Å². The molecule has 2 N–H and O–H groups in total. The molecule has 0 amide bonds. The lowest BCUT2D eigenvalue weighted by atomic mass is 9.95. The number of fused-ring (bicyclic) bond motifs is 1. The zero-order valence-electron chi connectivity index (χ0n) is 13.4. The number of aryl methyl sites for hydroxylation is 1. The predicted molar refractivity (Wildman–Crippen MR) is 91.0 cm³/mol. The number of carboxylic acids is 1. The Morgan fingerprint density at radius 2 is 1.88 bits per heavy atom. The number of halogens is 1. The van der Waals surface area contributed by atoms with Crippen molar-refractivity contribution < 1.29 is 22.7 Å². The fraction of sp³-hybridized carbons (Fsp3) is 0.167. The van der Waals surface area contributed by atoms with Crippen LogP contribution in [0.1, 0.15) is 28.3 Å². The first kappa shape index (κ1) is 17.3. The van der Waals surface area contributed by atoms with E-state index >= 15 is 0 Å². The topological polar surface area (TPSA) is 83.5 Å². The van der Waals surface area contributed by atoms with Gasteiger partial charge in [-0.3, -0.25) is 4.79 Å². The van der Waals surface area contributed by atoms with Crippen LogP contribution in [0.5, 0.6) is 0 Å². The third-order valence-electron chi connectivity index (χ3n) is 4.15. The van der Waals surface area contributed by atoms with Crippen LogP contribution in [0.4, 0.5) is 4.39 Å². The summed E-state index contributed by atoms with van der Waals surface area (Å²) in [5.41, 5.74) is 2.94. The van der Waals surface area contributed by atoms with E-state index in [1.807, 2.05) is 6.92 Å². The molecule has 130 valence electrons. The van der Waals surface area contributed by atoms with Crippen molar-refractivity contribution in [2.24, 2.45) is 0 Å². The van der Waals surface area contributed by atoms with Gasteiger partial charge in [0.15, 0.2) is 0 Å². The lowest BCUT2D eigenvalue weighted by molar-refractivity contribution is -0.136. The Balaban J connectivity index is 1.92. The van der Waals surface area contributed by atoms with Gasteiger partial charge in [0.2, 0.25) is 10.0 Å². The van der Waals surface area contributed by atoms with Crippen molar-refractivity contribution in [3.8, 4) is 0 Å². The Hall–Kier alpha value is -2.51. The summed E-state index contributed by atoms with van der Waals surface area (Å²) < 4.78 is 40.5. The molecule has 0 spiro atoms. The summed E-state index contributed by atoms with van der Waals surface area (Å²) in [5, 5.41) is 9.08. The summed E-state index contributed by atoms with van der Waals surface area (Å²) in [5.74, 6) is -1.46. The highest BCUT2D eigenvalue weighted by atomic mass is 32.2. The number of nitrogens with one attached hydrogen (secondary N) is 1. The van der Waals surface area contributed by atoms with Crippen LogP contribution in [-0.2, 0) is 21.2 Å². The van der Waals surface area contributed by atoms with Crippen molar-refractivity contribution in [3.05, 3.63) is 70.5 Å². The summed E-state index contributed by atoms with van der Waals surface area (Å²) in [6.45, 7) is 1.82. The number of carbonyl (C=O) groups is 1. The van der Waals surface area contributed by atoms with Crippen LogP contribution < -0.4 is 4.72 Å². The zero-order valence-corrected chi connectivity index (χ0v) is 14.2. The molecule has 0 saturated carbocycles. The van der Waals surface area contributed by atoms with E-state index in [1.54, 1.807) is 24.3 Å². The molecule has 5 nitrogen and oxygen atoms in total. The van der Waals surface area contributed by atoms with Gasteiger partial charge < -0.3 is 5.11 Å².